The molecule has 9 nitrogen and oxygen atoms in total. The van der Waals surface area contributed by atoms with Gasteiger partial charge in [-0.05, 0) is 18.9 Å². The first-order valence-electron chi connectivity index (χ1n) is 11.1. The molecule has 2 fully saturated rings. The predicted octanol–water partition coefficient (Wildman–Crippen LogP) is 1.92. The van der Waals surface area contributed by atoms with Crippen LogP contribution in [-0.4, -0.2) is 80.3 Å². The van der Waals surface area contributed by atoms with Gasteiger partial charge < -0.3 is 23.9 Å². The van der Waals surface area contributed by atoms with E-state index in [1.54, 1.807) is 14.2 Å². The Balaban J connectivity index is 1.24. The number of rotatable bonds is 9. The Hall–Kier alpha value is -2.62. The molecule has 2 aliphatic heterocycles. The first kappa shape index (κ1) is 22.6. The van der Waals surface area contributed by atoms with Crippen LogP contribution in [0.5, 0.6) is 11.5 Å². The number of aromatic nitrogens is 1. The van der Waals surface area contributed by atoms with Crippen LogP contribution in [0.15, 0.2) is 28.9 Å². The summed E-state index contributed by atoms with van der Waals surface area (Å²) in [6.07, 6.45) is 3.58. The number of amides is 1. The second kappa shape index (κ2) is 10.8. The van der Waals surface area contributed by atoms with Crippen LogP contribution < -0.4 is 14.8 Å². The molecular formula is C23H32N4O5. The van der Waals surface area contributed by atoms with Gasteiger partial charge in [0.05, 0.1) is 26.9 Å². The number of methoxy groups -OCH3 is 2. The maximum Gasteiger partial charge on any atom is 0.273 e. The minimum atomic E-state index is -0.215. The van der Waals surface area contributed by atoms with Crippen molar-refractivity contribution >= 4 is 5.91 Å². The number of hydrogen-bond acceptors (Lipinski definition) is 8. The highest BCUT2D eigenvalue weighted by atomic mass is 16.5. The van der Waals surface area contributed by atoms with Crippen molar-refractivity contribution in [3.63, 3.8) is 0 Å². The van der Waals surface area contributed by atoms with E-state index in [-0.39, 0.29) is 12.0 Å². The SMILES string of the molecule is COc1cccc(CN2CCN(Cc3nc(C(=O)NCC4CCCO4)co3)CC2)c1OC. The summed E-state index contributed by atoms with van der Waals surface area (Å²) in [4.78, 5) is 21.4. The average molecular weight is 445 g/mol. The van der Waals surface area contributed by atoms with Gasteiger partial charge in [-0.25, -0.2) is 4.98 Å². The van der Waals surface area contributed by atoms with Crippen LogP contribution in [0.2, 0.25) is 0 Å². The smallest absolute Gasteiger partial charge is 0.273 e. The first-order chi connectivity index (χ1) is 15.7. The summed E-state index contributed by atoms with van der Waals surface area (Å²) in [5.41, 5.74) is 1.44. The lowest BCUT2D eigenvalue weighted by atomic mass is 10.1. The van der Waals surface area contributed by atoms with Crippen LogP contribution >= 0.6 is 0 Å². The van der Waals surface area contributed by atoms with Crippen molar-refractivity contribution in [2.24, 2.45) is 0 Å². The van der Waals surface area contributed by atoms with Crippen molar-refractivity contribution in [1.29, 1.82) is 0 Å². The fraction of sp³-hybridized carbons (Fsp3) is 0.565. The quantitative estimate of drug-likeness (QED) is 0.628. The Kier molecular flexibility index (Phi) is 7.62. The second-order valence-electron chi connectivity index (χ2n) is 8.18. The number of carbonyl (C=O) groups is 1. The first-order valence-corrected chi connectivity index (χ1v) is 11.1. The molecule has 3 heterocycles. The Bertz CT molecular complexity index is 888. The Labute approximate surface area is 188 Å². The van der Waals surface area contributed by atoms with E-state index in [1.807, 2.05) is 12.1 Å². The van der Waals surface area contributed by atoms with Gasteiger partial charge in [0.25, 0.3) is 5.91 Å². The lowest BCUT2D eigenvalue weighted by molar-refractivity contribution is 0.0853. The summed E-state index contributed by atoms with van der Waals surface area (Å²) in [6.45, 7) is 6.34. The third-order valence-electron chi connectivity index (χ3n) is 6.00. The van der Waals surface area contributed by atoms with Gasteiger partial charge in [-0.3, -0.25) is 14.6 Å². The van der Waals surface area contributed by atoms with Crippen molar-refractivity contribution in [2.45, 2.75) is 32.0 Å². The number of benzene rings is 1. The summed E-state index contributed by atoms with van der Waals surface area (Å²) < 4.78 is 22.0. The summed E-state index contributed by atoms with van der Waals surface area (Å²) in [6, 6.07) is 5.98. The number of piperazine rings is 1. The molecule has 0 spiro atoms. The molecule has 0 saturated carbocycles. The van der Waals surface area contributed by atoms with E-state index < -0.39 is 0 Å². The molecule has 9 heteroatoms. The van der Waals surface area contributed by atoms with E-state index >= 15 is 0 Å². The molecule has 2 aliphatic rings. The molecule has 4 rings (SSSR count). The minimum Gasteiger partial charge on any atom is -0.493 e. The molecule has 32 heavy (non-hydrogen) atoms. The zero-order chi connectivity index (χ0) is 22.3. The zero-order valence-electron chi connectivity index (χ0n) is 18.8. The molecule has 0 bridgehead atoms. The maximum absolute atomic E-state index is 12.3. The fourth-order valence-corrected chi connectivity index (χ4v) is 4.21. The van der Waals surface area contributed by atoms with Crippen LogP contribution in [0.4, 0.5) is 0 Å². The molecule has 1 N–H and O–H groups in total. The van der Waals surface area contributed by atoms with E-state index in [0.717, 1.165) is 69.2 Å². The normalized spacial score (nSPS) is 19.8. The van der Waals surface area contributed by atoms with Crippen LogP contribution in [-0.2, 0) is 17.8 Å². The monoisotopic (exact) mass is 444 g/mol. The summed E-state index contributed by atoms with van der Waals surface area (Å²) in [5.74, 6) is 1.90. The van der Waals surface area contributed by atoms with Gasteiger partial charge in [0, 0.05) is 51.4 Å². The lowest BCUT2D eigenvalue weighted by Gasteiger charge is -2.34. The highest BCUT2D eigenvalue weighted by Crippen LogP contribution is 2.31. The summed E-state index contributed by atoms with van der Waals surface area (Å²) >= 11 is 0. The van der Waals surface area contributed by atoms with E-state index in [4.69, 9.17) is 18.6 Å². The Morgan fingerprint density at radius 2 is 1.94 bits per heavy atom. The third-order valence-corrected chi connectivity index (χ3v) is 6.00. The van der Waals surface area contributed by atoms with Crippen LogP contribution in [0.1, 0.15) is 34.8 Å². The molecule has 1 amide bonds. The Morgan fingerprint density at radius 1 is 1.16 bits per heavy atom. The average Bonchev–Trinajstić information content (AvgIpc) is 3.51. The van der Waals surface area contributed by atoms with Crippen molar-refractivity contribution < 1.29 is 23.4 Å². The van der Waals surface area contributed by atoms with Gasteiger partial charge in [-0.1, -0.05) is 12.1 Å². The van der Waals surface area contributed by atoms with Crippen LogP contribution in [0.25, 0.3) is 0 Å². The van der Waals surface area contributed by atoms with Crippen molar-refractivity contribution in [3.8, 4) is 11.5 Å². The van der Waals surface area contributed by atoms with E-state index in [0.29, 0.717) is 24.7 Å². The predicted molar refractivity (Wildman–Crippen MR) is 118 cm³/mol. The number of nitrogens with one attached hydrogen (secondary N) is 1. The number of hydrogen-bond donors (Lipinski definition) is 1. The molecule has 0 radical (unpaired) electrons. The van der Waals surface area contributed by atoms with Crippen LogP contribution in [0.3, 0.4) is 0 Å². The molecule has 174 valence electrons. The van der Waals surface area contributed by atoms with Crippen molar-refractivity contribution in [1.82, 2.24) is 20.1 Å². The minimum absolute atomic E-state index is 0.110. The molecule has 2 saturated heterocycles. The standard InChI is InChI=1S/C23H32N4O5/c1-29-20-7-3-5-17(22(20)30-2)14-26-8-10-27(11-9-26)15-21-25-19(16-32-21)23(28)24-13-18-6-4-12-31-18/h3,5,7,16,18H,4,6,8-15H2,1-2H3,(H,24,28). The Morgan fingerprint density at radius 3 is 2.62 bits per heavy atom. The van der Waals surface area contributed by atoms with Gasteiger partial charge in [0.15, 0.2) is 17.2 Å². The number of para-hydroxylation sites is 1. The second-order valence-corrected chi connectivity index (χ2v) is 8.18. The molecule has 1 aromatic heterocycles. The number of carbonyl (C=O) groups excluding carboxylic acids is 1. The molecule has 2 aromatic rings. The number of oxazole rings is 1. The number of ether oxygens (including phenoxy) is 3. The molecule has 1 aromatic carbocycles. The van der Waals surface area contributed by atoms with Gasteiger partial charge in [-0.15, -0.1) is 0 Å². The van der Waals surface area contributed by atoms with E-state index in [9.17, 15) is 4.79 Å². The highest BCUT2D eigenvalue weighted by Gasteiger charge is 2.22. The molecular weight excluding hydrogens is 412 g/mol. The molecule has 0 aliphatic carbocycles. The topological polar surface area (TPSA) is 89.3 Å². The van der Waals surface area contributed by atoms with Crippen molar-refractivity contribution in [3.05, 3.63) is 41.6 Å². The maximum atomic E-state index is 12.3. The van der Waals surface area contributed by atoms with Gasteiger partial charge in [0.1, 0.15) is 6.26 Å². The number of nitrogens with zero attached hydrogens (tertiary/aromatic N) is 3. The molecule has 1 unspecified atom stereocenters. The van der Waals surface area contributed by atoms with Gasteiger partial charge >= 0.3 is 0 Å². The lowest BCUT2D eigenvalue weighted by Crippen LogP contribution is -2.45. The van der Waals surface area contributed by atoms with Crippen molar-refractivity contribution in [2.75, 3.05) is 53.6 Å². The molecule has 1 atom stereocenters. The zero-order valence-corrected chi connectivity index (χ0v) is 18.8. The third kappa shape index (κ3) is 5.59. The largest absolute Gasteiger partial charge is 0.493 e. The van der Waals surface area contributed by atoms with Gasteiger partial charge in [0.2, 0.25) is 5.89 Å². The summed E-state index contributed by atoms with van der Waals surface area (Å²) in [5, 5.41) is 2.88. The summed E-state index contributed by atoms with van der Waals surface area (Å²) in [7, 11) is 3.33. The fourth-order valence-electron chi connectivity index (χ4n) is 4.21. The van der Waals surface area contributed by atoms with Gasteiger partial charge in [-0.2, -0.15) is 0 Å². The van der Waals surface area contributed by atoms with E-state index in [2.05, 4.69) is 26.2 Å². The van der Waals surface area contributed by atoms with E-state index in [1.165, 1.54) is 6.26 Å². The van der Waals surface area contributed by atoms with Crippen LogP contribution in [0, 0.1) is 0 Å². The highest BCUT2D eigenvalue weighted by molar-refractivity contribution is 5.91.